The van der Waals surface area contributed by atoms with Crippen LogP contribution in [0.15, 0.2) is 57.1 Å². The van der Waals surface area contributed by atoms with Crippen molar-refractivity contribution < 1.29 is 4.79 Å². The smallest absolute Gasteiger partial charge is 0.284 e. The molecule has 0 saturated heterocycles. The molecule has 120 valence electrons. The van der Waals surface area contributed by atoms with Gasteiger partial charge < -0.3 is 5.32 Å². The molecule has 3 heterocycles. The summed E-state index contributed by atoms with van der Waals surface area (Å²) in [6.45, 7) is 0. The summed E-state index contributed by atoms with van der Waals surface area (Å²) in [7, 11) is 1.77. The molecule has 0 unspecified atom stereocenters. The molecule has 1 aliphatic heterocycles. The number of nitrogens with zero attached hydrogens (tertiary/aromatic N) is 3. The number of halogens is 1. The summed E-state index contributed by atoms with van der Waals surface area (Å²) in [6, 6.07) is 9.76. The Kier molecular flexibility index (Phi) is 3.95. The SMILES string of the molecule is CN/C=C1/C(=O)N(c2nc3ccccc3s2)N=C1c1sccc1Br. The molecule has 1 N–H and O–H groups in total. The number of hydrogen-bond donors (Lipinski definition) is 1. The van der Waals surface area contributed by atoms with Gasteiger partial charge in [-0.1, -0.05) is 23.5 Å². The van der Waals surface area contributed by atoms with Crippen LogP contribution in [0.2, 0.25) is 0 Å². The highest BCUT2D eigenvalue weighted by molar-refractivity contribution is 9.10. The van der Waals surface area contributed by atoms with Crippen molar-refractivity contribution in [2.24, 2.45) is 5.10 Å². The van der Waals surface area contributed by atoms with Crippen LogP contribution in [-0.2, 0) is 4.79 Å². The van der Waals surface area contributed by atoms with Crippen LogP contribution in [0.3, 0.4) is 0 Å². The van der Waals surface area contributed by atoms with Gasteiger partial charge in [0.25, 0.3) is 5.91 Å². The molecule has 24 heavy (non-hydrogen) atoms. The van der Waals surface area contributed by atoms with Crippen molar-refractivity contribution in [3.8, 4) is 0 Å². The average molecular weight is 419 g/mol. The van der Waals surface area contributed by atoms with Gasteiger partial charge in [-0.25, -0.2) is 4.98 Å². The molecule has 0 fully saturated rings. The van der Waals surface area contributed by atoms with E-state index < -0.39 is 0 Å². The number of carbonyl (C=O) groups excluding carboxylic acids is 1. The number of para-hydroxylation sites is 1. The second kappa shape index (κ2) is 6.12. The summed E-state index contributed by atoms with van der Waals surface area (Å²) in [5.41, 5.74) is 2.04. The zero-order valence-electron chi connectivity index (χ0n) is 12.5. The molecule has 2 aromatic heterocycles. The molecule has 5 nitrogen and oxygen atoms in total. The number of hydrogen-bond acceptors (Lipinski definition) is 6. The van der Waals surface area contributed by atoms with Crippen LogP contribution in [0.25, 0.3) is 10.2 Å². The maximum absolute atomic E-state index is 12.8. The lowest BCUT2D eigenvalue weighted by Crippen LogP contribution is -2.22. The lowest BCUT2D eigenvalue weighted by molar-refractivity contribution is -0.114. The second-order valence-corrected chi connectivity index (χ2v) is 7.75. The van der Waals surface area contributed by atoms with Gasteiger partial charge in [0.05, 0.1) is 20.7 Å². The maximum Gasteiger partial charge on any atom is 0.284 e. The number of hydrazone groups is 1. The third-order valence-corrected chi connectivity index (χ3v) is 6.32. The van der Waals surface area contributed by atoms with Gasteiger partial charge >= 0.3 is 0 Å². The molecule has 1 amide bonds. The van der Waals surface area contributed by atoms with Crippen molar-refractivity contribution in [1.29, 1.82) is 0 Å². The Hall–Kier alpha value is -2.03. The Morgan fingerprint density at radius 3 is 2.83 bits per heavy atom. The highest BCUT2D eigenvalue weighted by atomic mass is 79.9. The van der Waals surface area contributed by atoms with Crippen LogP contribution in [-0.4, -0.2) is 23.7 Å². The average Bonchev–Trinajstić information content (AvgIpc) is 3.26. The fourth-order valence-electron chi connectivity index (χ4n) is 2.40. The number of rotatable bonds is 3. The largest absolute Gasteiger partial charge is 0.393 e. The Labute approximate surface area is 154 Å². The zero-order chi connectivity index (χ0) is 16.7. The quantitative estimate of drug-likeness (QED) is 0.654. The van der Waals surface area contributed by atoms with E-state index in [1.165, 1.54) is 27.7 Å². The summed E-state index contributed by atoms with van der Waals surface area (Å²) in [6.07, 6.45) is 1.68. The minimum absolute atomic E-state index is 0.182. The molecule has 8 heteroatoms. The van der Waals surface area contributed by atoms with Gasteiger partial charge in [0.1, 0.15) is 5.71 Å². The Morgan fingerprint density at radius 2 is 2.12 bits per heavy atom. The first kappa shape index (κ1) is 15.5. The number of anilines is 1. The number of benzene rings is 1. The number of carbonyl (C=O) groups is 1. The monoisotopic (exact) mass is 418 g/mol. The van der Waals surface area contributed by atoms with E-state index in [9.17, 15) is 4.79 Å². The Bertz CT molecular complexity index is 971. The van der Waals surface area contributed by atoms with E-state index in [0.29, 0.717) is 16.4 Å². The topological polar surface area (TPSA) is 57.6 Å². The number of nitrogens with one attached hydrogen (secondary N) is 1. The van der Waals surface area contributed by atoms with E-state index in [4.69, 9.17) is 0 Å². The minimum atomic E-state index is -0.182. The van der Waals surface area contributed by atoms with E-state index in [2.05, 4.69) is 31.3 Å². The maximum atomic E-state index is 12.8. The molecule has 3 aromatic rings. The molecule has 0 saturated carbocycles. The number of amides is 1. The van der Waals surface area contributed by atoms with Crippen molar-refractivity contribution >= 4 is 65.6 Å². The first-order valence-corrected chi connectivity index (χ1v) is 9.58. The first-order valence-electron chi connectivity index (χ1n) is 7.09. The highest BCUT2D eigenvalue weighted by Gasteiger charge is 2.35. The fourth-order valence-corrected chi connectivity index (χ4v) is 4.87. The van der Waals surface area contributed by atoms with Crippen LogP contribution in [0.4, 0.5) is 5.13 Å². The third kappa shape index (κ3) is 2.47. The Balaban J connectivity index is 1.84. The van der Waals surface area contributed by atoms with E-state index in [1.54, 1.807) is 13.2 Å². The van der Waals surface area contributed by atoms with Crippen LogP contribution >= 0.6 is 38.6 Å². The zero-order valence-corrected chi connectivity index (χ0v) is 15.7. The van der Waals surface area contributed by atoms with Crippen LogP contribution in [0, 0.1) is 0 Å². The standard InChI is InChI=1S/C16H11BrN4OS2/c1-18-8-9-13(14-10(17)6-7-23-14)20-21(15(9)22)16-19-11-4-2-3-5-12(11)24-16/h2-8,18H,1H3/b9-8+. The van der Waals surface area contributed by atoms with E-state index in [1.807, 2.05) is 35.7 Å². The molecule has 4 rings (SSSR count). The van der Waals surface area contributed by atoms with Gasteiger partial charge in [-0.3, -0.25) is 4.79 Å². The van der Waals surface area contributed by atoms with Crippen molar-refractivity contribution in [2.45, 2.75) is 0 Å². The number of fused-ring (bicyclic) bond motifs is 1. The van der Waals surface area contributed by atoms with Gasteiger partial charge in [0.15, 0.2) is 0 Å². The lowest BCUT2D eigenvalue weighted by atomic mass is 10.1. The number of thiazole rings is 1. The van der Waals surface area contributed by atoms with Gasteiger partial charge in [-0.15, -0.1) is 11.3 Å². The predicted molar refractivity (Wildman–Crippen MR) is 103 cm³/mol. The van der Waals surface area contributed by atoms with Crippen molar-refractivity contribution in [1.82, 2.24) is 10.3 Å². The second-order valence-electron chi connectivity index (χ2n) is 4.97. The lowest BCUT2D eigenvalue weighted by Gasteiger charge is -2.06. The van der Waals surface area contributed by atoms with Gasteiger partial charge in [-0.05, 0) is 39.5 Å². The van der Waals surface area contributed by atoms with Gasteiger partial charge in [-0.2, -0.15) is 10.1 Å². The fraction of sp³-hybridized carbons (Fsp3) is 0.0625. The molecule has 0 spiro atoms. The van der Waals surface area contributed by atoms with Crippen LogP contribution in [0.5, 0.6) is 0 Å². The Morgan fingerprint density at radius 1 is 1.29 bits per heavy atom. The summed E-state index contributed by atoms with van der Waals surface area (Å²) in [4.78, 5) is 18.3. The van der Waals surface area contributed by atoms with E-state index in [-0.39, 0.29) is 5.91 Å². The molecular weight excluding hydrogens is 408 g/mol. The molecule has 0 bridgehead atoms. The number of thiophene rings is 1. The van der Waals surface area contributed by atoms with Crippen LogP contribution in [0.1, 0.15) is 4.88 Å². The normalized spacial score (nSPS) is 16.2. The third-order valence-electron chi connectivity index (χ3n) is 3.46. The summed E-state index contributed by atoms with van der Waals surface area (Å²) in [5.74, 6) is -0.182. The van der Waals surface area contributed by atoms with Gasteiger partial charge in [0.2, 0.25) is 5.13 Å². The van der Waals surface area contributed by atoms with Crippen molar-refractivity contribution in [3.05, 3.63) is 56.8 Å². The highest BCUT2D eigenvalue weighted by Crippen LogP contribution is 2.35. The van der Waals surface area contributed by atoms with Gasteiger partial charge in [0, 0.05) is 17.7 Å². The molecule has 0 aliphatic carbocycles. The minimum Gasteiger partial charge on any atom is -0.393 e. The molecular formula is C16H11BrN4OS2. The predicted octanol–water partition coefficient (Wildman–Crippen LogP) is 3.97. The van der Waals surface area contributed by atoms with Crippen molar-refractivity contribution in [2.75, 3.05) is 12.1 Å². The van der Waals surface area contributed by atoms with E-state index in [0.717, 1.165) is 19.6 Å². The number of aromatic nitrogens is 1. The van der Waals surface area contributed by atoms with Crippen molar-refractivity contribution in [3.63, 3.8) is 0 Å². The molecule has 1 aromatic carbocycles. The summed E-state index contributed by atoms with van der Waals surface area (Å²) < 4.78 is 1.95. The molecule has 0 radical (unpaired) electrons. The molecule has 0 atom stereocenters. The molecule has 1 aliphatic rings. The van der Waals surface area contributed by atoms with Crippen LogP contribution < -0.4 is 10.3 Å². The first-order chi connectivity index (χ1) is 11.7. The van der Waals surface area contributed by atoms with E-state index >= 15 is 0 Å². The summed E-state index contributed by atoms with van der Waals surface area (Å²) in [5, 5.41) is 11.4. The summed E-state index contributed by atoms with van der Waals surface area (Å²) >= 11 is 6.51.